The molecule has 1 N–H and O–H groups in total. The molecule has 0 aliphatic carbocycles. The van der Waals surface area contributed by atoms with Gasteiger partial charge in [-0.2, -0.15) is 0 Å². The smallest absolute Gasteiger partial charge is 0.251 e. The van der Waals surface area contributed by atoms with Crippen LogP contribution in [0.15, 0.2) is 41.9 Å². The van der Waals surface area contributed by atoms with Gasteiger partial charge in [-0.25, -0.2) is 0 Å². The van der Waals surface area contributed by atoms with Crippen molar-refractivity contribution >= 4 is 17.5 Å². The van der Waals surface area contributed by atoms with Gasteiger partial charge in [-0.15, -0.1) is 0 Å². The highest BCUT2D eigenvalue weighted by molar-refractivity contribution is 6.29. The van der Waals surface area contributed by atoms with E-state index in [1.807, 2.05) is 32.0 Å². The van der Waals surface area contributed by atoms with Crippen LogP contribution in [0.3, 0.4) is 0 Å². The van der Waals surface area contributed by atoms with Gasteiger partial charge in [0.25, 0.3) is 5.91 Å². The summed E-state index contributed by atoms with van der Waals surface area (Å²) in [6.07, 6.45) is 0.684. The van der Waals surface area contributed by atoms with Crippen LogP contribution in [0, 0.1) is 5.41 Å². The molecule has 0 heterocycles. The van der Waals surface area contributed by atoms with Crippen LogP contribution in [0.2, 0.25) is 0 Å². The first-order chi connectivity index (χ1) is 7.91. The third-order valence-electron chi connectivity index (χ3n) is 2.43. The quantitative estimate of drug-likeness (QED) is 0.852. The van der Waals surface area contributed by atoms with Crippen molar-refractivity contribution in [2.45, 2.75) is 20.3 Å². The van der Waals surface area contributed by atoms with Crippen molar-refractivity contribution in [3.05, 3.63) is 47.5 Å². The summed E-state index contributed by atoms with van der Waals surface area (Å²) in [6.45, 7) is 8.35. The molecule has 0 saturated heterocycles. The third kappa shape index (κ3) is 5.05. The molecule has 1 amide bonds. The highest BCUT2D eigenvalue weighted by atomic mass is 35.5. The molecule has 0 fully saturated rings. The van der Waals surface area contributed by atoms with Crippen molar-refractivity contribution in [3.63, 3.8) is 0 Å². The topological polar surface area (TPSA) is 29.1 Å². The number of hydrogen-bond acceptors (Lipinski definition) is 1. The molecule has 1 aromatic rings. The van der Waals surface area contributed by atoms with Gasteiger partial charge in [0.2, 0.25) is 0 Å². The second-order valence-electron chi connectivity index (χ2n) is 4.91. The Morgan fingerprint density at radius 3 is 2.47 bits per heavy atom. The van der Waals surface area contributed by atoms with Crippen molar-refractivity contribution in [2.24, 2.45) is 5.41 Å². The standard InChI is InChI=1S/C14H18ClNO/c1-11(15)9-14(2,3)10-16-13(17)12-7-5-4-6-8-12/h4-8H,1,9-10H2,2-3H3,(H,16,17). The zero-order valence-electron chi connectivity index (χ0n) is 10.3. The summed E-state index contributed by atoms with van der Waals surface area (Å²) >= 11 is 5.79. The number of amides is 1. The summed E-state index contributed by atoms with van der Waals surface area (Å²) in [7, 11) is 0. The molecule has 0 aliphatic heterocycles. The second-order valence-corrected chi connectivity index (χ2v) is 5.44. The molecule has 92 valence electrons. The Hall–Kier alpha value is -1.28. The van der Waals surface area contributed by atoms with Crippen LogP contribution in [0.5, 0.6) is 0 Å². The van der Waals surface area contributed by atoms with Gasteiger partial charge in [0.05, 0.1) is 0 Å². The number of rotatable bonds is 5. The number of carbonyl (C=O) groups excluding carboxylic acids is 1. The van der Waals surface area contributed by atoms with Crippen molar-refractivity contribution in [2.75, 3.05) is 6.54 Å². The van der Waals surface area contributed by atoms with Gasteiger partial charge in [0, 0.05) is 17.1 Å². The van der Waals surface area contributed by atoms with Crippen LogP contribution in [-0.4, -0.2) is 12.5 Å². The molecule has 0 aromatic heterocycles. The Bertz CT molecular complexity index is 398. The molecule has 0 spiro atoms. The minimum atomic E-state index is -0.0801. The van der Waals surface area contributed by atoms with Gasteiger partial charge in [-0.05, 0) is 24.0 Å². The molecular weight excluding hydrogens is 234 g/mol. The number of halogens is 1. The van der Waals surface area contributed by atoms with E-state index in [2.05, 4.69) is 11.9 Å². The summed E-state index contributed by atoms with van der Waals surface area (Å²) in [5.41, 5.74) is 0.594. The van der Waals surface area contributed by atoms with Gasteiger partial charge in [0.15, 0.2) is 0 Å². The SMILES string of the molecule is C=C(Cl)CC(C)(C)CNC(=O)c1ccccc1. The zero-order valence-corrected chi connectivity index (χ0v) is 11.1. The Balaban J connectivity index is 2.51. The molecular formula is C14H18ClNO. The number of benzene rings is 1. The summed E-state index contributed by atoms with van der Waals surface area (Å²) in [4.78, 5) is 11.8. The predicted octanol–water partition coefficient (Wildman–Crippen LogP) is 3.59. The first-order valence-electron chi connectivity index (χ1n) is 5.57. The van der Waals surface area contributed by atoms with Gasteiger partial charge < -0.3 is 5.32 Å². The van der Waals surface area contributed by atoms with E-state index in [-0.39, 0.29) is 11.3 Å². The lowest BCUT2D eigenvalue weighted by Crippen LogP contribution is -2.34. The van der Waals surface area contributed by atoms with Crippen molar-refractivity contribution in [1.29, 1.82) is 0 Å². The maximum absolute atomic E-state index is 11.8. The van der Waals surface area contributed by atoms with E-state index in [9.17, 15) is 4.79 Å². The third-order valence-corrected chi connectivity index (χ3v) is 2.57. The Morgan fingerprint density at radius 1 is 1.35 bits per heavy atom. The first kappa shape index (κ1) is 13.8. The lowest BCUT2D eigenvalue weighted by Gasteiger charge is -2.24. The van der Waals surface area contributed by atoms with E-state index < -0.39 is 0 Å². The van der Waals surface area contributed by atoms with E-state index in [4.69, 9.17) is 11.6 Å². The maximum atomic E-state index is 11.8. The molecule has 0 bridgehead atoms. The number of hydrogen-bond donors (Lipinski definition) is 1. The van der Waals surface area contributed by atoms with Crippen LogP contribution < -0.4 is 5.32 Å². The molecule has 1 rings (SSSR count). The van der Waals surface area contributed by atoms with Gasteiger partial charge >= 0.3 is 0 Å². The lowest BCUT2D eigenvalue weighted by molar-refractivity contribution is 0.0936. The predicted molar refractivity (Wildman–Crippen MR) is 72.2 cm³/mol. The second kappa shape index (κ2) is 5.87. The summed E-state index contributed by atoms with van der Waals surface area (Å²) < 4.78 is 0. The molecule has 0 atom stereocenters. The van der Waals surface area contributed by atoms with Crippen molar-refractivity contribution in [1.82, 2.24) is 5.32 Å². The summed E-state index contributed by atoms with van der Waals surface area (Å²) in [5.74, 6) is -0.0566. The zero-order chi connectivity index (χ0) is 12.9. The largest absolute Gasteiger partial charge is 0.351 e. The molecule has 0 unspecified atom stereocenters. The fraction of sp³-hybridized carbons (Fsp3) is 0.357. The minimum absolute atomic E-state index is 0.0566. The number of carbonyl (C=O) groups is 1. The monoisotopic (exact) mass is 251 g/mol. The van der Waals surface area contributed by atoms with Crippen LogP contribution >= 0.6 is 11.6 Å². The van der Waals surface area contributed by atoms with Gasteiger partial charge in [-0.3, -0.25) is 4.79 Å². The maximum Gasteiger partial charge on any atom is 0.251 e. The first-order valence-corrected chi connectivity index (χ1v) is 5.95. The lowest BCUT2D eigenvalue weighted by atomic mass is 9.89. The van der Waals surface area contributed by atoms with Crippen LogP contribution in [0.1, 0.15) is 30.6 Å². The van der Waals surface area contributed by atoms with E-state index in [0.29, 0.717) is 23.6 Å². The molecule has 3 heteroatoms. The summed E-state index contributed by atoms with van der Waals surface area (Å²) in [6, 6.07) is 9.17. The Kier molecular flexibility index (Phi) is 4.76. The van der Waals surface area contributed by atoms with E-state index in [1.165, 1.54) is 0 Å². The average Bonchev–Trinajstić information content (AvgIpc) is 2.25. The number of allylic oxidation sites excluding steroid dienone is 1. The molecule has 0 radical (unpaired) electrons. The summed E-state index contributed by atoms with van der Waals surface area (Å²) in [5, 5.41) is 3.52. The van der Waals surface area contributed by atoms with Crippen LogP contribution in [0.4, 0.5) is 0 Å². The van der Waals surface area contributed by atoms with E-state index >= 15 is 0 Å². The average molecular weight is 252 g/mol. The normalized spacial score (nSPS) is 11.0. The van der Waals surface area contributed by atoms with E-state index in [0.717, 1.165) is 0 Å². The highest BCUT2D eigenvalue weighted by Crippen LogP contribution is 2.25. The van der Waals surface area contributed by atoms with Crippen LogP contribution in [0.25, 0.3) is 0 Å². The highest BCUT2D eigenvalue weighted by Gasteiger charge is 2.19. The van der Waals surface area contributed by atoms with Gasteiger partial charge in [-0.1, -0.05) is 50.2 Å². The fourth-order valence-electron chi connectivity index (χ4n) is 1.59. The van der Waals surface area contributed by atoms with Gasteiger partial charge in [0.1, 0.15) is 0 Å². The van der Waals surface area contributed by atoms with Crippen molar-refractivity contribution in [3.8, 4) is 0 Å². The minimum Gasteiger partial charge on any atom is -0.351 e. The molecule has 0 aliphatic rings. The van der Waals surface area contributed by atoms with Crippen molar-refractivity contribution < 1.29 is 4.79 Å². The van der Waals surface area contributed by atoms with E-state index in [1.54, 1.807) is 12.1 Å². The number of nitrogens with one attached hydrogen (secondary N) is 1. The Labute approximate surface area is 108 Å². The van der Waals surface area contributed by atoms with Crippen LogP contribution in [-0.2, 0) is 0 Å². The molecule has 17 heavy (non-hydrogen) atoms. The molecule has 2 nitrogen and oxygen atoms in total. The molecule has 1 aromatic carbocycles. The fourth-order valence-corrected chi connectivity index (χ4v) is 1.95. The Morgan fingerprint density at radius 2 is 1.94 bits per heavy atom. The molecule has 0 saturated carbocycles.